The molecule has 3 aromatic carbocycles. The predicted molar refractivity (Wildman–Crippen MR) is 191 cm³/mol. The van der Waals surface area contributed by atoms with E-state index in [9.17, 15) is 13.2 Å². The minimum atomic E-state index is -3.74. The van der Waals surface area contributed by atoms with Gasteiger partial charge >= 0.3 is 0 Å². The topological polar surface area (TPSA) is 118 Å². The molecule has 50 heavy (non-hydrogen) atoms. The van der Waals surface area contributed by atoms with Crippen LogP contribution in [0, 0.1) is 13.8 Å². The van der Waals surface area contributed by atoms with Crippen molar-refractivity contribution in [2.45, 2.75) is 43.4 Å². The number of ketones is 1. The number of aryl methyl sites for hydroxylation is 2. The highest BCUT2D eigenvalue weighted by Crippen LogP contribution is 2.34. The summed E-state index contributed by atoms with van der Waals surface area (Å²) in [6.45, 7) is 6.56. The van der Waals surface area contributed by atoms with Crippen LogP contribution in [0.1, 0.15) is 32.9 Å². The number of Topliss-reactive ketones (excluding diaryl/α,β-unsaturated/α-hetero) is 1. The van der Waals surface area contributed by atoms with Crippen molar-refractivity contribution in [1.29, 1.82) is 0 Å². The van der Waals surface area contributed by atoms with Gasteiger partial charge in [-0.3, -0.25) is 9.36 Å². The van der Waals surface area contributed by atoms with Crippen molar-refractivity contribution in [1.82, 2.24) is 23.6 Å². The molecule has 1 saturated heterocycles. The number of hydrogen-bond donors (Lipinski definition) is 0. The van der Waals surface area contributed by atoms with Crippen LogP contribution in [-0.2, 0) is 34.3 Å². The molecule has 2 aliphatic heterocycles. The van der Waals surface area contributed by atoms with Crippen LogP contribution in [-0.4, -0.2) is 76.7 Å². The third-order valence-electron chi connectivity index (χ3n) is 8.94. The Hall–Kier alpha value is -4.14. The van der Waals surface area contributed by atoms with Crippen molar-refractivity contribution < 1.29 is 27.4 Å². The normalized spacial score (nSPS) is 14.7. The van der Waals surface area contributed by atoms with Crippen molar-refractivity contribution in [3.63, 3.8) is 0 Å². The third-order valence-corrected chi connectivity index (χ3v) is 12.1. The Balaban J connectivity index is 1.15. The molecule has 0 aliphatic carbocycles. The fraction of sp³-hybridized carbons (Fsp3) is 0.306. The second-order valence-electron chi connectivity index (χ2n) is 12.1. The van der Waals surface area contributed by atoms with E-state index in [1.807, 2.05) is 73.0 Å². The van der Waals surface area contributed by atoms with Crippen molar-refractivity contribution >= 4 is 39.2 Å². The number of nitrogens with zero attached hydrogens (tertiary/aromatic N) is 5. The summed E-state index contributed by atoms with van der Waals surface area (Å²) in [6.07, 6.45) is 0.816. The van der Waals surface area contributed by atoms with Gasteiger partial charge in [0.2, 0.25) is 16.8 Å². The molecule has 1 fully saturated rings. The molecule has 5 aromatic rings. The molecular weight excluding hydrogens is 698 g/mol. The van der Waals surface area contributed by atoms with E-state index in [1.165, 1.54) is 21.6 Å². The van der Waals surface area contributed by atoms with Crippen molar-refractivity contribution in [2.24, 2.45) is 0 Å². The molecule has 4 heterocycles. The van der Waals surface area contributed by atoms with Crippen LogP contribution < -0.4 is 9.47 Å². The first-order chi connectivity index (χ1) is 24.2. The van der Waals surface area contributed by atoms with Gasteiger partial charge in [0.05, 0.1) is 30.4 Å². The number of sulfonamides is 1. The van der Waals surface area contributed by atoms with Crippen molar-refractivity contribution in [2.75, 3.05) is 38.8 Å². The molecule has 0 spiro atoms. The maximum Gasteiger partial charge on any atom is 0.243 e. The lowest BCUT2D eigenvalue weighted by Gasteiger charge is -2.26. The summed E-state index contributed by atoms with van der Waals surface area (Å²) >= 11 is 7.35. The Kier molecular flexibility index (Phi) is 10.0. The van der Waals surface area contributed by atoms with E-state index in [-0.39, 0.29) is 23.2 Å². The zero-order valence-corrected chi connectivity index (χ0v) is 30.1. The highest BCUT2D eigenvalue weighted by atomic mass is 35.5. The molecule has 0 bridgehead atoms. The summed E-state index contributed by atoms with van der Waals surface area (Å²) in [5.41, 5.74) is 5.29. The molecule has 14 heteroatoms. The molecule has 7 rings (SSSR count). The van der Waals surface area contributed by atoms with Gasteiger partial charge in [-0.2, -0.15) is 4.31 Å². The van der Waals surface area contributed by atoms with Gasteiger partial charge in [-0.15, -0.1) is 10.2 Å². The van der Waals surface area contributed by atoms with Crippen molar-refractivity contribution in [3.05, 3.63) is 106 Å². The molecule has 0 saturated carbocycles. The van der Waals surface area contributed by atoms with E-state index in [1.54, 1.807) is 18.2 Å². The van der Waals surface area contributed by atoms with E-state index in [4.69, 9.17) is 25.8 Å². The monoisotopic (exact) mass is 733 g/mol. The lowest BCUT2D eigenvalue weighted by molar-refractivity contribution is 0.0730. The summed E-state index contributed by atoms with van der Waals surface area (Å²) in [5, 5.41) is 10.3. The van der Waals surface area contributed by atoms with Crippen molar-refractivity contribution in [3.8, 4) is 22.9 Å². The van der Waals surface area contributed by atoms with E-state index in [0.29, 0.717) is 71.5 Å². The molecule has 0 atom stereocenters. The highest BCUT2D eigenvalue weighted by Gasteiger charge is 2.28. The summed E-state index contributed by atoms with van der Waals surface area (Å²) in [5.74, 6) is 1.93. The number of halogens is 1. The SMILES string of the molecule is Cc1cc(C(=O)CSc2nnc(-c3cccc(S(=O)(=O)N4CCOCC4)c3)n2Cc2ccc3c(c2)OCO3)c(C)n1CCc1ccc(Cl)cc1. The van der Waals surface area contributed by atoms with Crippen LogP contribution in [0.3, 0.4) is 0 Å². The number of aromatic nitrogens is 4. The average molecular weight is 734 g/mol. The van der Waals surface area contributed by atoms with Gasteiger partial charge in [0.15, 0.2) is 28.3 Å². The number of fused-ring (bicyclic) bond motifs is 1. The van der Waals surface area contributed by atoms with Gasteiger partial charge < -0.3 is 18.8 Å². The van der Waals surface area contributed by atoms with E-state index in [2.05, 4.69) is 14.8 Å². The van der Waals surface area contributed by atoms with Crippen LogP contribution in [0.2, 0.25) is 5.02 Å². The van der Waals surface area contributed by atoms with Gasteiger partial charge in [0, 0.05) is 47.2 Å². The van der Waals surface area contributed by atoms with Gasteiger partial charge in [-0.05, 0) is 73.9 Å². The Bertz CT molecular complexity index is 2140. The molecular formula is C36H36ClN5O6S2. The Morgan fingerprint density at radius 3 is 2.46 bits per heavy atom. The summed E-state index contributed by atoms with van der Waals surface area (Å²) in [6, 6.07) is 22.2. The fourth-order valence-corrected chi connectivity index (χ4v) is 8.63. The minimum Gasteiger partial charge on any atom is -0.454 e. The van der Waals surface area contributed by atoms with Crippen LogP contribution in [0.25, 0.3) is 11.4 Å². The van der Waals surface area contributed by atoms with Gasteiger partial charge in [0.1, 0.15) is 0 Å². The number of thioether (sulfide) groups is 1. The number of hydrogen-bond acceptors (Lipinski definition) is 9. The Morgan fingerprint density at radius 2 is 1.66 bits per heavy atom. The zero-order chi connectivity index (χ0) is 34.8. The first kappa shape index (κ1) is 34.3. The van der Waals surface area contributed by atoms with Crippen LogP contribution >= 0.6 is 23.4 Å². The quantitative estimate of drug-likeness (QED) is 0.112. The number of morpholine rings is 1. The minimum absolute atomic E-state index is 0.0152. The predicted octanol–water partition coefficient (Wildman–Crippen LogP) is 6.03. The van der Waals surface area contributed by atoms with Gasteiger partial charge in [-0.25, -0.2) is 8.42 Å². The molecule has 0 amide bonds. The average Bonchev–Trinajstić information content (AvgIpc) is 3.84. The van der Waals surface area contributed by atoms with Gasteiger partial charge in [-0.1, -0.05) is 53.7 Å². The Labute approximate surface area is 300 Å². The van der Waals surface area contributed by atoms with Crippen LogP contribution in [0.4, 0.5) is 0 Å². The molecule has 11 nitrogen and oxygen atoms in total. The maximum atomic E-state index is 13.7. The lowest BCUT2D eigenvalue weighted by atomic mass is 10.1. The van der Waals surface area contributed by atoms with Crippen LogP contribution in [0.15, 0.2) is 82.8 Å². The number of rotatable bonds is 12. The molecule has 0 unspecified atom stereocenters. The molecule has 2 aromatic heterocycles. The first-order valence-corrected chi connectivity index (χ1v) is 19.0. The number of benzene rings is 3. The molecule has 0 N–H and O–H groups in total. The first-order valence-electron chi connectivity index (χ1n) is 16.2. The third kappa shape index (κ3) is 7.19. The smallest absolute Gasteiger partial charge is 0.243 e. The zero-order valence-electron chi connectivity index (χ0n) is 27.7. The van der Waals surface area contributed by atoms with Gasteiger partial charge in [0.25, 0.3) is 0 Å². The summed E-state index contributed by atoms with van der Waals surface area (Å²) < 4.78 is 49.0. The van der Waals surface area contributed by atoms with E-state index in [0.717, 1.165) is 29.9 Å². The standard InChI is InChI=1S/C36H36ClN5O6S2/c1-24-18-31(25(2)41(24)13-12-26-6-9-29(37)10-7-26)32(43)22-49-36-39-38-35(42(36)21-27-8-11-33-34(19-27)48-23-47-33)28-4-3-5-30(20-28)50(44,45)40-14-16-46-17-15-40/h3-11,18-20H,12-17,21-23H2,1-2H3. The number of carbonyl (C=O) groups excluding carboxylic acids is 1. The summed E-state index contributed by atoms with van der Waals surface area (Å²) in [7, 11) is -3.74. The molecule has 260 valence electrons. The van der Waals surface area contributed by atoms with Crippen LogP contribution in [0.5, 0.6) is 11.5 Å². The van der Waals surface area contributed by atoms with E-state index >= 15 is 0 Å². The fourth-order valence-electron chi connectivity index (χ4n) is 6.23. The number of carbonyl (C=O) groups is 1. The van der Waals surface area contributed by atoms with E-state index < -0.39 is 10.0 Å². The highest BCUT2D eigenvalue weighted by molar-refractivity contribution is 7.99. The second-order valence-corrected chi connectivity index (χ2v) is 15.5. The molecule has 2 aliphatic rings. The Morgan fingerprint density at radius 1 is 0.900 bits per heavy atom. The number of ether oxygens (including phenoxy) is 3. The summed E-state index contributed by atoms with van der Waals surface area (Å²) in [4.78, 5) is 13.9. The second kappa shape index (κ2) is 14.6. The largest absolute Gasteiger partial charge is 0.454 e. The molecule has 0 radical (unpaired) electrons. The lowest BCUT2D eigenvalue weighted by Crippen LogP contribution is -2.40. The maximum absolute atomic E-state index is 13.7.